The fourth-order valence-corrected chi connectivity index (χ4v) is 3.24. The Morgan fingerprint density at radius 1 is 1.08 bits per heavy atom. The lowest BCUT2D eigenvalue weighted by Crippen LogP contribution is -2.41. The Kier molecular flexibility index (Phi) is 6.36. The lowest BCUT2D eigenvalue weighted by Gasteiger charge is -2.27. The third-order valence-corrected chi connectivity index (χ3v) is 4.50. The highest BCUT2D eigenvalue weighted by molar-refractivity contribution is 5.77. The van der Waals surface area contributed by atoms with Crippen molar-refractivity contribution in [2.24, 2.45) is 0 Å². The number of rotatable bonds is 8. The minimum atomic E-state index is -0.0983. The molecule has 0 spiro atoms. The molecule has 1 aliphatic rings. The molecule has 0 radical (unpaired) electrons. The van der Waals surface area contributed by atoms with E-state index in [2.05, 4.69) is 22.3 Å². The number of hydrogen-bond acceptors (Lipinski definition) is 4. The van der Waals surface area contributed by atoms with Crippen LogP contribution < -0.4 is 19.7 Å². The second-order valence-corrected chi connectivity index (χ2v) is 6.32. The van der Waals surface area contributed by atoms with Crippen LogP contribution in [0.2, 0.25) is 0 Å². The molecule has 1 amide bonds. The van der Waals surface area contributed by atoms with Crippen molar-refractivity contribution in [2.75, 3.05) is 31.2 Å². The Bertz CT molecular complexity index is 688. The first-order valence-electron chi connectivity index (χ1n) is 9.20. The fourth-order valence-electron chi connectivity index (χ4n) is 3.24. The van der Waals surface area contributed by atoms with Gasteiger partial charge in [0.1, 0.15) is 11.5 Å². The van der Waals surface area contributed by atoms with Gasteiger partial charge in [0.05, 0.1) is 6.61 Å². The van der Waals surface area contributed by atoms with Crippen molar-refractivity contribution in [3.63, 3.8) is 0 Å². The molecule has 0 aliphatic carbocycles. The molecule has 2 aromatic carbocycles. The van der Waals surface area contributed by atoms with Crippen LogP contribution >= 0.6 is 0 Å². The molecule has 0 saturated carbocycles. The van der Waals surface area contributed by atoms with Gasteiger partial charge in [-0.1, -0.05) is 18.2 Å². The highest BCUT2D eigenvalue weighted by Crippen LogP contribution is 2.24. The third-order valence-electron chi connectivity index (χ3n) is 4.50. The van der Waals surface area contributed by atoms with E-state index in [4.69, 9.17) is 9.47 Å². The normalized spacial score (nSPS) is 16.3. The van der Waals surface area contributed by atoms with Crippen molar-refractivity contribution in [3.05, 3.63) is 54.6 Å². The average molecular weight is 354 g/mol. The predicted octanol–water partition coefficient (Wildman–Crippen LogP) is 3.25. The van der Waals surface area contributed by atoms with Gasteiger partial charge < -0.3 is 19.7 Å². The third kappa shape index (κ3) is 4.91. The second kappa shape index (κ2) is 9.13. The molecule has 1 saturated heterocycles. The summed E-state index contributed by atoms with van der Waals surface area (Å²) in [6.07, 6.45) is 2.24. The molecule has 0 bridgehead atoms. The van der Waals surface area contributed by atoms with Crippen LogP contribution in [0.1, 0.15) is 19.8 Å². The van der Waals surface area contributed by atoms with Crippen LogP contribution in [0.25, 0.3) is 0 Å². The van der Waals surface area contributed by atoms with Gasteiger partial charge in [0.2, 0.25) is 0 Å². The fraction of sp³-hybridized carbons (Fsp3) is 0.381. The van der Waals surface area contributed by atoms with Gasteiger partial charge in [-0.15, -0.1) is 0 Å². The topological polar surface area (TPSA) is 50.8 Å². The van der Waals surface area contributed by atoms with Crippen molar-refractivity contribution in [2.45, 2.75) is 25.8 Å². The van der Waals surface area contributed by atoms with Crippen molar-refractivity contribution < 1.29 is 14.3 Å². The summed E-state index contributed by atoms with van der Waals surface area (Å²) < 4.78 is 10.9. The zero-order chi connectivity index (χ0) is 18.2. The molecule has 2 aromatic rings. The van der Waals surface area contributed by atoms with Crippen LogP contribution in [0, 0.1) is 0 Å². The largest absolute Gasteiger partial charge is 0.494 e. The van der Waals surface area contributed by atoms with Gasteiger partial charge in [0.15, 0.2) is 6.61 Å². The van der Waals surface area contributed by atoms with Gasteiger partial charge >= 0.3 is 0 Å². The van der Waals surface area contributed by atoms with Crippen LogP contribution in [0.5, 0.6) is 11.5 Å². The Balaban J connectivity index is 1.43. The first-order chi connectivity index (χ1) is 12.8. The summed E-state index contributed by atoms with van der Waals surface area (Å²) in [5.41, 5.74) is 1.22. The monoisotopic (exact) mass is 354 g/mol. The van der Waals surface area contributed by atoms with E-state index < -0.39 is 0 Å². The molecule has 1 aliphatic heterocycles. The van der Waals surface area contributed by atoms with Crippen molar-refractivity contribution in [1.82, 2.24) is 5.32 Å². The summed E-state index contributed by atoms with van der Waals surface area (Å²) in [4.78, 5) is 14.5. The minimum absolute atomic E-state index is 0.0199. The molecule has 0 aromatic heterocycles. The Labute approximate surface area is 154 Å². The van der Waals surface area contributed by atoms with E-state index in [-0.39, 0.29) is 12.5 Å². The molecule has 5 nitrogen and oxygen atoms in total. The smallest absolute Gasteiger partial charge is 0.258 e. The SMILES string of the molecule is CCOc1ccc(OCC(=O)NCC2CCCN2c2ccccc2)cc1. The number of carbonyl (C=O) groups excluding carboxylic acids is 1. The lowest BCUT2D eigenvalue weighted by atomic mass is 10.2. The van der Waals surface area contributed by atoms with Gasteiger partial charge in [-0.25, -0.2) is 0 Å². The number of nitrogens with zero attached hydrogens (tertiary/aromatic N) is 1. The molecule has 138 valence electrons. The Morgan fingerprint density at radius 2 is 1.77 bits per heavy atom. The number of amides is 1. The molecule has 5 heteroatoms. The van der Waals surface area contributed by atoms with Crippen LogP contribution in [0.3, 0.4) is 0 Å². The molecule has 1 heterocycles. The number of nitrogens with one attached hydrogen (secondary N) is 1. The minimum Gasteiger partial charge on any atom is -0.494 e. The maximum Gasteiger partial charge on any atom is 0.258 e. The van der Waals surface area contributed by atoms with E-state index in [9.17, 15) is 4.79 Å². The van der Waals surface area contributed by atoms with Gasteiger partial charge in [-0.05, 0) is 56.2 Å². The zero-order valence-electron chi connectivity index (χ0n) is 15.2. The van der Waals surface area contributed by atoms with Gasteiger partial charge in [-0.3, -0.25) is 4.79 Å². The molecule has 1 atom stereocenters. The quantitative estimate of drug-likeness (QED) is 0.791. The van der Waals surface area contributed by atoms with Gasteiger partial charge in [0, 0.05) is 24.8 Å². The summed E-state index contributed by atoms with van der Waals surface area (Å²) in [6.45, 7) is 4.27. The molecule has 26 heavy (non-hydrogen) atoms. The van der Waals surface area contributed by atoms with Crippen LogP contribution in [0.15, 0.2) is 54.6 Å². The molecule has 1 fully saturated rings. The molecular weight excluding hydrogens is 328 g/mol. The number of hydrogen-bond donors (Lipinski definition) is 1. The lowest BCUT2D eigenvalue weighted by molar-refractivity contribution is -0.123. The Hall–Kier alpha value is -2.69. The summed E-state index contributed by atoms with van der Waals surface area (Å²) in [6, 6.07) is 18.0. The first-order valence-corrected chi connectivity index (χ1v) is 9.20. The Morgan fingerprint density at radius 3 is 2.46 bits per heavy atom. The maximum atomic E-state index is 12.1. The number of anilines is 1. The zero-order valence-corrected chi connectivity index (χ0v) is 15.2. The second-order valence-electron chi connectivity index (χ2n) is 6.32. The van der Waals surface area contributed by atoms with Crippen LogP contribution in [-0.2, 0) is 4.79 Å². The van der Waals surface area contributed by atoms with Gasteiger partial charge in [-0.2, -0.15) is 0 Å². The molecule has 1 N–H and O–H groups in total. The highest BCUT2D eigenvalue weighted by Gasteiger charge is 2.24. The van der Waals surface area contributed by atoms with E-state index >= 15 is 0 Å². The summed E-state index contributed by atoms with van der Waals surface area (Å²) in [7, 11) is 0. The van der Waals surface area contributed by atoms with Crippen molar-refractivity contribution in [3.8, 4) is 11.5 Å². The number of para-hydroxylation sites is 1. The highest BCUT2D eigenvalue weighted by atomic mass is 16.5. The van der Waals surface area contributed by atoms with E-state index in [1.54, 1.807) is 0 Å². The van der Waals surface area contributed by atoms with E-state index in [0.29, 0.717) is 24.9 Å². The van der Waals surface area contributed by atoms with Crippen LogP contribution in [-0.4, -0.2) is 38.3 Å². The number of benzene rings is 2. The number of ether oxygens (including phenoxy) is 2. The summed E-state index contributed by atoms with van der Waals surface area (Å²) in [5, 5.41) is 3.00. The van der Waals surface area contributed by atoms with E-state index in [1.807, 2.05) is 49.4 Å². The summed E-state index contributed by atoms with van der Waals surface area (Å²) in [5.74, 6) is 1.36. The van der Waals surface area contributed by atoms with E-state index in [0.717, 1.165) is 25.1 Å². The molecular formula is C21H26N2O3. The summed E-state index contributed by atoms with van der Waals surface area (Å²) >= 11 is 0. The molecule has 3 rings (SSSR count). The maximum absolute atomic E-state index is 12.1. The number of carbonyl (C=O) groups is 1. The van der Waals surface area contributed by atoms with Gasteiger partial charge in [0.25, 0.3) is 5.91 Å². The first kappa shape index (κ1) is 18.1. The molecule has 1 unspecified atom stereocenters. The van der Waals surface area contributed by atoms with Crippen molar-refractivity contribution >= 4 is 11.6 Å². The predicted molar refractivity (Wildman–Crippen MR) is 103 cm³/mol. The average Bonchev–Trinajstić information content (AvgIpc) is 3.15. The van der Waals surface area contributed by atoms with Crippen LogP contribution in [0.4, 0.5) is 5.69 Å². The standard InChI is InChI=1S/C21H26N2O3/c1-2-25-19-10-12-20(13-11-19)26-16-21(24)22-15-18-9-6-14-23(18)17-7-4-3-5-8-17/h3-5,7-8,10-13,18H,2,6,9,14-16H2,1H3,(H,22,24). The van der Waals surface area contributed by atoms with Crippen molar-refractivity contribution in [1.29, 1.82) is 0 Å². The van der Waals surface area contributed by atoms with E-state index in [1.165, 1.54) is 5.69 Å².